The van der Waals surface area contributed by atoms with Crippen LogP contribution in [-0.4, -0.2) is 24.4 Å². The number of hydrogen-bond donors (Lipinski definition) is 0. The van der Waals surface area contributed by atoms with Crippen LogP contribution in [0, 0.1) is 5.92 Å². The van der Waals surface area contributed by atoms with Gasteiger partial charge in [-0.25, -0.2) is 4.39 Å². The van der Waals surface area contributed by atoms with Gasteiger partial charge in [0.15, 0.2) is 6.29 Å². The molecule has 0 aliphatic carbocycles. The fraction of sp³-hybridized carbons (Fsp3) is 0.667. The first-order chi connectivity index (χ1) is 18.2. The molecule has 0 saturated carbocycles. The van der Waals surface area contributed by atoms with E-state index in [1.54, 1.807) is 0 Å². The van der Waals surface area contributed by atoms with Crippen LogP contribution in [0.15, 0.2) is 42.6 Å². The van der Waals surface area contributed by atoms with Gasteiger partial charge in [0.25, 0.3) is 0 Å². The van der Waals surface area contributed by atoms with Gasteiger partial charge in [-0.2, -0.15) is 0 Å². The molecule has 0 N–H and O–H groups in total. The lowest BCUT2D eigenvalue weighted by Crippen LogP contribution is -2.27. The topological polar surface area (TPSA) is 31.4 Å². The summed E-state index contributed by atoms with van der Waals surface area (Å²) in [6.45, 7) is 7.87. The maximum atomic E-state index is 15.0. The van der Waals surface area contributed by atoms with Crippen LogP contribution in [0.2, 0.25) is 0 Å². The highest BCUT2D eigenvalue weighted by Gasteiger charge is 2.26. The lowest BCUT2D eigenvalue weighted by molar-refractivity contribution is -0.206. The monoisotopic (exact) mass is 511 g/mol. The Labute approximate surface area is 225 Å². The van der Waals surface area contributed by atoms with Gasteiger partial charge < -0.3 is 9.47 Å². The lowest BCUT2D eigenvalue weighted by Gasteiger charge is -2.29. The minimum Gasteiger partial charge on any atom is -0.348 e. The zero-order chi connectivity index (χ0) is 26.3. The maximum absolute atomic E-state index is 15.0. The zero-order valence-electron chi connectivity index (χ0n) is 23.6. The first-order valence-electron chi connectivity index (χ1n) is 15.1. The summed E-state index contributed by atoms with van der Waals surface area (Å²) in [6.07, 6.45) is 16.1. The molecule has 1 aliphatic rings. The van der Waals surface area contributed by atoms with Gasteiger partial charge in [-0.1, -0.05) is 115 Å². The number of hydrogen-bond acceptors (Lipinski definition) is 3. The van der Waals surface area contributed by atoms with Crippen LogP contribution in [0.5, 0.6) is 0 Å². The van der Waals surface area contributed by atoms with Crippen molar-refractivity contribution in [2.75, 3.05) is 13.2 Å². The summed E-state index contributed by atoms with van der Waals surface area (Å²) in [5.41, 5.74) is 3.93. The van der Waals surface area contributed by atoms with Gasteiger partial charge >= 0.3 is 0 Å². The third-order valence-corrected chi connectivity index (χ3v) is 7.82. The highest BCUT2D eigenvalue weighted by molar-refractivity contribution is 5.64. The molecule has 0 amide bonds. The lowest BCUT2D eigenvalue weighted by atomic mass is 9.84. The van der Waals surface area contributed by atoms with Crippen LogP contribution in [0.25, 0.3) is 11.3 Å². The minimum atomic E-state index is -0.838. The molecule has 206 valence electrons. The summed E-state index contributed by atoms with van der Waals surface area (Å²) in [7, 11) is 0. The third kappa shape index (κ3) is 9.48. The van der Waals surface area contributed by atoms with Crippen molar-refractivity contribution < 1.29 is 13.9 Å². The average molecular weight is 512 g/mol. The van der Waals surface area contributed by atoms with Gasteiger partial charge in [0.1, 0.15) is 6.17 Å². The van der Waals surface area contributed by atoms with Crippen molar-refractivity contribution in [1.82, 2.24) is 4.98 Å². The van der Waals surface area contributed by atoms with Crippen LogP contribution in [0.3, 0.4) is 0 Å². The Morgan fingerprint density at radius 3 is 2.16 bits per heavy atom. The Kier molecular flexibility index (Phi) is 13.6. The Balaban J connectivity index is 1.51. The molecule has 3 rings (SSSR count). The number of ether oxygens (including phenoxy) is 2. The molecule has 2 unspecified atom stereocenters. The van der Waals surface area contributed by atoms with E-state index in [1.165, 1.54) is 57.8 Å². The second-order valence-corrected chi connectivity index (χ2v) is 10.9. The van der Waals surface area contributed by atoms with Gasteiger partial charge in [0.2, 0.25) is 0 Å². The number of nitrogens with zero attached hydrogens (tertiary/aromatic N) is 1. The van der Waals surface area contributed by atoms with Gasteiger partial charge in [0.05, 0.1) is 18.9 Å². The van der Waals surface area contributed by atoms with Crippen molar-refractivity contribution in [2.45, 2.75) is 123 Å². The smallest absolute Gasteiger partial charge is 0.185 e. The molecule has 0 radical (unpaired) electrons. The van der Waals surface area contributed by atoms with Gasteiger partial charge in [-0.05, 0) is 30.9 Å². The molecular weight excluding hydrogens is 461 g/mol. The normalized spacial score (nSPS) is 19.6. The summed E-state index contributed by atoms with van der Waals surface area (Å²) in [5, 5.41) is 0. The van der Waals surface area contributed by atoms with Crippen LogP contribution >= 0.6 is 0 Å². The van der Waals surface area contributed by atoms with Crippen molar-refractivity contribution in [2.24, 2.45) is 5.92 Å². The first-order valence-corrected chi connectivity index (χ1v) is 15.1. The molecule has 1 saturated heterocycles. The van der Waals surface area contributed by atoms with E-state index >= 15 is 0 Å². The van der Waals surface area contributed by atoms with Crippen LogP contribution in [0.1, 0.15) is 128 Å². The summed E-state index contributed by atoms with van der Waals surface area (Å²) >= 11 is 0. The molecule has 1 aromatic heterocycles. The molecule has 0 bridgehead atoms. The number of benzene rings is 1. The zero-order valence-corrected chi connectivity index (χ0v) is 23.6. The number of rotatable bonds is 17. The number of alkyl halides is 1. The van der Waals surface area contributed by atoms with Crippen molar-refractivity contribution in [1.29, 1.82) is 0 Å². The molecule has 0 spiro atoms. The summed E-state index contributed by atoms with van der Waals surface area (Å²) < 4.78 is 27.1. The summed E-state index contributed by atoms with van der Waals surface area (Å²) in [6, 6.07) is 12.3. The summed E-state index contributed by atoms with van der Waals surface area (Å²) in [4.78, 5) is 4.77. The highest BCUT2D eigenvalue weighted by atomic mass is 19.1. The molecule has 4 heteroatoms. The molecule has 1 aliphatic heterocycles. The minimum absolute atomic E-state index is 0.0920. The fourth-order valence-corrected chi connectivity index (χ4v) is 5.47. The van der Waals surface area contributed by atoms with Crippen LogP contribution in [-0.2, 0) is 9.47 Å². The van der Waals surface area contributed by atoms with E-state index in [0.29, 0.717) is 12.3 Å². The van der Waals surface area contributed by atoms with E-state index in [4.69, 9.17) is 14.5 Å². The Hall–Kier alpha value is -1.78. The van der Waals surface area contributed by atoms with Crippen LogP contribution in [0.4, 0.5) is 4.39 Å². The largest absolute Gasteiger partial charge is 0.348 e. The molecule has 37 heavy (non-hydrogen) atoms. The Bertz CT molecular complexity index is 863. The number of aromatic nitrogens is 1. The van der Waals surface area contributed by atoms with Crippen molar-refractivity contribution in [3.63, 3.8) is 0 Å². The van der Waals surface area contributed by atoms with Gasteiger partial charge in [0, 0.05) is 29.2 Å². The summed E-state index contributed by atoms with van der Waals surface area (Å²) in [5.74, 6) is 0.397. The van der Waals surface area contributed by atoms with E-state index in [2.05, 4.69) is 32.0 Å². The predicted molar refractivity (Wildman–Crippen MR) is 152 cm³/mol. The second kappa shape index (κ2) is 16.9. The molecule has 3 nitrogen and oxygen atoms in total. The molecule has 2 heterocycles. The standard InChI is InChI=1S/C33H50FNO2/c1-4-7-9-10-11-12-13-14-17-26-24-36-33(37-25-26)27-21-22-32(35-23-27)30-20-16-15-19-28(30)29(18-8-5-2)31(34)6-3/h15-16,19-23,26,29,31,33H,4-14,17-18,24-25H2,1-3H3. The predicted octanol–water partition coefficient (Wildman–Crippen LogP) is 9.96. The molecule has 2 atom stereocenters. The molecule has 1 fully saturated rings. The van der Waals surface area contributed by atoms with Gasteiger partial charge in [-0.15, -0.1) is 0 Å². The van der Waals surface area contributed by atoms with E-state index < -0.39 is 6.17 Å². The third-order valence-electron chi connectivity index (χ3n) is 7.82. The van der Waals surface area contributed by atoms with E-state index in [0.717, 1.165) is 54.9 Å². The number of halogens is 1. The van der Waals surface area contributed by atoms with E-state index in [9.17, 15) is 4.39 Å². The van der Waals surface area contributed by atoms with Crippen molar-refractivity contribution >= 4 is 0 Å². The Morgan fingerprint density at radius 1 is 0.838 bits per heavy atom. The molecule has 2 aromatic rings. The maximum Gasteiger partial charge on any atom is 0.185 e. The van der Waals surface area contributed by atoms with Gasteiger partial charge in [-0.3, -0.25) is 4.98 Å². The Morgan fingerprint density at radius 2 is 1.51 bits per heavy atom. The second-order valence-electron chi connectivity index (χ2n) is 10.9. The average Bonchev–Trinajstić information content (AvgIpc) is 2.95. The van der Waals surface area contributed by atoms with E-state index in [-0.39, 0.29) is 12.2 Å². The number of unbranched alkanes of at least 4 members (excludes halogenated alkanes) is 8. The molecular formula is C33H50FNO2. The fourth-order valence-electron chi connectivity index (χ4n) is 5.47. The quantitative estimate of drug-likeness (QED) is 0.198. The first kappa shape index (κ1) is 29.8. The van der Waals surface area contributed by atoms with Crippen molar-refractivity contribution in [3.8, 4) is 11.3 Å². The van der Waals surface area contributed by atoms with Crippen LogP contribution < -0.4 is 0 Å². The number of pyridine rings is 1. The highest BCUT2D eigenvalue weighted by Crippen LogP contribution is 2.36. The molecule has 1 aromatic carbocycles. The van der Waals surface area contributed by atoms with Crippen molar-refractivity contribution in [3.05, 3.63) is 53.7 Å². The van der Waals surface area contributed by atoms with E-state index in [1.807, 2.05) is 31.3 Å². The SMILES string of the molecule is CCCCCCCCCCC1COC(c2ccc(-c3ccccc3C(CCCC)C(F)CC)nc2)OC1.